The Hall–Kier alpha value is -2.31. The van der Waals surface area contributed by atoms with Crippen molar-refractivity contribution in [2.24, 2.45) is 0 Å². The molecule has 1 aliphatic rings. The molecule has 2 N–H and O–H groups in total. The molecule has 1 unspecified atom stereocenters. The smallest absolute Gasteiger partial charge is 0.161 e. The second-order valence-electron chi connectivity index (χ2n) is 5.53. The summed E-state index contributed by atoms with van der Waals surface area (Å²) >= 11 is 0. The van der Waals surface area contributed by atoms with Gasteiger partial charge in [0.05, 0.1) is 0 Å². The van der Waals surface area contributed by atoms with E-state index in [9.17, 15) is 9.50 Å². The van der Waals surface area contributed by atoms with Crippen LogP contribution in [0.2, 0.25) is 0 Å². The minimum atomic E-state index is -0.660. The van der Waals surface area contributed by atoms with E-state index < -0.39 is 6.10 Å². The van der Waals surface area contributed by atoms with Crippen molar-refractivity contribution in [1.82, 2.24) is 5.32 Å². The first kappa shape index (κ1) is 16.5. The van der Waals surface area contributed by atoms with Gasteiger partial charge in [0, 0.05) is 13.1 Å². The number of nitrogens with one attached hydrogen (secondary N) is 1. The highest BCUT2D eigenvalue weighted by molar-refractivity contribution is 5.43. The lowest BCUT2D eigenvalue weighted by atomic mass is 10.2. The van der Waals surface area contributed by atoms with Crippen LogP contribution in [0.5, 0.6) is 17.2 Å². The van der Waals surface area contributed by atoms with Crippen molar-refractivity contribution in [3.63, 3.8) is 0 Å². The fourth-order valence-electron chi connectivity index (χ4n) is 2.36. The van der Waals surface area contributed by atoms with Gasteiger partial charge in [0.1, 0.15) is 37.5 Å². The summed E-state index contributed by atoms with van der Waals surface area (Å²) in [6, 6.07) is 11.5. The van der Waals surface area contributed by atoms with Crippen LogP contribution in [-0.4, -0.2) is 37.6 Å². The molecule has 0 aliphatic carbocycles. The zero-order valence-electron chi connectivity index (χ0n) is 13.2. The van der Waals surface area contributed by atoms with Crippen molar-refractivity contribution >= 4 is 0 Å². The number of ether oxygens (including phenoxy) is 3. The van der Waals surface area contributed by atoms with Gasteiger partial charge in [-0.25, -0.2) is 4.39 Å². The number of fused-ring (bicyclic) bond motifs is 1. The summed E-state index contributed by atoms with van der Waals surface area (Å²) < 4.78 is 29.2. The summed E-state index contributed by atoms with van der Waals surface area (Å²) in [6.07, 6.45) is -0.660. The Labute approximate surface area is 140 Å². The van der Waals surface area contributed by atoms with Gasteiger partial charge in [0.15, 0.2) is 11.5 Å². The number of aliphatic hydroxyl groups excluding tert-OH is 1. The Bertz CT molecular complexity index is 663. The highest BCUT2D eigenvalue weighted by Crippen LogP contribution is 2.30. The molecule has 6 heteroatoms. The molecular formula is C18H20FNO4. The summed E-state index contributed by atoms with van der Waals surface area (Å²) in [7, 11) is 0. The van der Waals surface area contributed by atoms with Crippen molar-refractivity contribution in [2.75, 3.05) is 26.4 Å². The number of hydrogen-bond donors (Lipinski definition) is 2. The van der Waals surface area contributed by atoms with Crippen molar-refractivity contribution in [3.8, 4) is 17.2 Å². The fraction of sp³-hybridized carbons (Fsp3) is 0.333. The van der Waals surface area contributed by atoms with E-state index >= 15 is 0 Å². The molecule has 2 aromatic rings. The second-order valence-corrected chi connectivity index (χ2v) is 5.53. The standard InChI is InChI=1S/C18H20FNO4/c19-14-2-4-16(5-3-14)24-12-15(21)11-20-10-13-1-6-17-18(9-13)23-8-7-22-17/h1-6,9,15,20-21H,7-8,10-12H2. The predicted octanol–water partition coefficient (Wildman–Crippen LogP) is 2.13. The number of halogens is 1. The number of benzene rings is 2. The SMILES string of the molecule is OC(CNCc1ccc2c(c1)OCCO2)COc1ccc(F)cc1. The molecule has 0 radical (unpaired) electrons. The van der Waals surface area contributed by atoms with Gasteiger partial charge in [-0.1, -0.05) is 6.07 Å². The molecule has 0 saturated heterocycles. The molecule has 1 atom stereocenters. The average Bonchev–Trinajstić information content (AvgIpc) is 2.61. The maximum atomic E-state index is 12.8. The van der Waals surface area contributed by atoms with E-state index in [1.165, 1.54) is 24.3 Å². The normalized spacial score (nSPS) is 14.2. The first-order valence-corrected chi connectivity index (χ1v) is 7.86. The molecule has 1 aliphatic heterocycles. The number of aliphatic hydroxyl groups is 1. The first-order chi connectivity index (χ1) is 11.7. The molecule has 3 rings (SSSR count). The molecular weight excluding hydrogens is 313 g/mol. The molecule has 1 heterocycles. The van der Waals surface area contributed by atoms with E-state index in [1.54, 1.807) is 0 Å². The molecule has 0 amide bonds. The van der Waals surface area contributed by atoms with E-state index in [-0.39, 0.29) is 12.4 Å². The highest BCUT2D eigenvalue weighted by Gasteiger charge is 2.12. The van der Waals surface area contributed by atoms with Gasteiger partial charge >= 0.3 is 0 Å². The summed E-state index contributed by atoms with van der Waals surface area (Å²) in [5.74, 6) is 1.73. The van der Waals surface area contributed by atoms with Crippen LogP contribution >= 0.6 is 0 Å². The maximum absolute atomic E-state index is 12.8. The van der Waals surface area contributed by atoms with Crippen molar-refractivity contribution in [2.45, 2.75) is 12.6 Å². The first-order valence-electron chi connectivity index (χ1n) is 7.86. The summed E-state index contributed by atoms with van der Waals surface area (Å²) in [5.41, 5.74) is 1.05. The lowest BCUT2D eigenvalue weighted by molar-refractivity contribution is 0.106. The fourth-order valence-corrected chi connectivity index (χ4v) is 2.36. The zero-order chi connectivity index (χ0) is 16.8. The van der Waals surface area contributed by atoms with Gasteiger partial charge in [-0.2, -0.15) is 0 Å². The maximum Gasteiger partial charge on any atom is 0.161 e. The van der Waals surface area contributed by atoms with Crippen molar-refractivity contribution < 1.29 is 23.7 Å². The van der Waals surface area contributed by atoms with E-state index in [0.717, 1.165) is 17.1 Å². The van der Waals surface area contributed by atoms with Crippen molar-refractivity contribution in [1.29, 1.82) is 0 Å². The predicted molar refractivity (Wildman–Crippen MR) is 87.0 cm³/mol. The largest absolute Gasteiger partial charge is 0.491 e. The summed E-state index contributed by atoms with van der Waals surface area (Å²) in [6.45, 7) is 2.26. The van der Waals surface area contributed by atoms with Gasteiger partial charge < -0.3 is 24.6 Å². The Morgan fingerprint density at radius 2 is 1.83 bits per heavy atom. The molecule has 0 aromatic heterocycles. The van der Waals surface area contributed by atoms with Crippen LogP contribution in [0.3, 0.4) is 0 Å². The Morgan fingerprint density at radius 1 is 1.08 bits per heavy atom. The van der Waals surface area contributed by atoms with E-state index in [0.29, 0.717) is 32.1 Å². The summed E-state index contributed by atoms with van der Waals surface area (Å²) in [4.78, 5) is 0. The quantitative estimate of drug-likeness (QED) is 0.813. The van der Waals surface area contributed by atoms with Crippen LogP contribution in [-0.2, 0) is 6.54 Å². The van der Waals surface area contributed by atoms with Crippen LogP contribution in [0.15, 0.2) is 42.5 Å². The number of hydrogen-bond acceptors (Lipinski definition) is 5. The van der Waals surface area contributed by atoms with Crippen LogP contribution < -0.4 is 19.5 Å². The van der Waals surface area contributed by atoms with E-state index in [4.69, 9.17) is 14.2 Å². The van der Waals surface area contributed by atoms with Gasteiger partial charge in [0.2, 0.25) is 0 Å². The molecule has 128 valence electrons. The molecule has 0 fully saturated rings. The zero-order valence-corrected chi connectivity index (χ0v) is 13.2. The van der Waals surface area contributed by atoms with Crippen LogP contribution in [0.25, 0.3) is 0 Å². The third-order valence-electron chi connectivity index (χ3n) is 3.57. The van der Waals surface area contributed by atoms with Gasteiger partial charge in [0.25, 0.3) is 0 Å². The minimum absolute atomic E-state index is 0.139. The Kier molecular flexibility index (Phi) is 5.51. The molecule has 5 nitrogen and oxygen atoms in total. The Morgan fingerprint density at radius 3 is 2.62 bits per heavy atom. The van der Waals surface area contributed by atoms with Gasteiger partial charge in [-0.3, -0.25) is 0 Å². The lowest BCUT2D eigenvalue weighted by Crippen LogP contribution is -2.31. The lowest BCUT2D eigenvalue weighted by Gasteiger charge is -2.19. The average molecular weight is 333 g/mol. The highest BCUT2D eigenvalue weighted by atomic mass is 19.1. The van der Waals surface area contributed by atoms with Crippen LogP contribution in [0.1, 0.15) is 5.56 Å². The molecule has 0 spiro atoms. The van der Waals surface area contributed by atoms with E-state index in [1.807, 2.05) is 18.2 Å². The minimum Gasteiger partial charge on any atom is -0.491 e. The van der Waals surface area contributed by atoms with Gasteiger partial charge in [-0.15, -0.1) is 0 Å². The third kappa shape index (κ3) is 4.59. The Balaban J connectivity index is 1.40. The third-order valence-corrected chi connectivity index (χ3v) is 3.57. The monoisotopic (exact) mass is 333 g/mol. The molecule has 2 aromatic carbocycles. The number of rotatable bonds is 7. The van der Waals surface area contributed by atoms with E-state index in [2.05, 4.69) is 5.32 Å². The van der Waals surface area contributed by atoms with Gasteiger partial charge in [-0.05, 0) is 42.0 Å². The van der Waals surface area contributed by atoms with Crippen LogP contribution in [0.4, 0.5) is 4.39 Å². The summed E-state index contributed by atoms with van der Waals surface area (Å²) in [5, 5.41) is 13.1. The van der Waals surface area contributed by atoms with Crippen LogP contribution in [0, 0.1) is 5.82 Å². The molecule has 0 saturated carbocycles. The second kappa shape index (κ2) is 7.99. The van der Waals surface area contributed by atoms with Crippen molar-refractivity contribution in [3.05, 3.63) is 53.8 Å². The molecule has 0 bridgehead atoms. The topological polar surface area (TPSA) is 60.0 Å². The molecule has 24 heavy (non-hydrogen) atoms.